The van der Waals surface area contributed by atoms with Gasteiger partial charge in [0, 0.05) is 24.3 Å². The van der Waals surface area contributed by atoms with Gasteiger partial charge in [0.05, 0.1) is 6.42 Å². The van der Waals surface area contributed by atoms with Crippen LogP contribution < -0.4 is 10.1 Å². The molecule has 0 radical (unpaired) electrons. The second-order valence-corrected chi connectivity index (χ2v) is 5.98. The molecular formula is C19H21N3O3. The number of carbonyl (C=O) groups excluding carboxylic acids is 1. The van der Waals surface area contributed by atoms with Crippen molar-refractivity contribution in [2.24, 2.45) is 0 Å². The van der Waals surface area contributed by atoms with Gasteiger partial charge in [-0.15, -0.1) is 0 Å². The van der Waals surface area contributed by atoms with Crippen LogP contribution in [-0.4, -0.2) is 40.2 Å². The molecule has 1 atom stereocenters. The summed E-state index contributed by atoms with van der Waals surface area (Å²) >= 11 is 0. The van der Waals surface area contributed by atoms with Gasteiger partial charge in [-0.3, -0.25) is 4.79 Å². The topological polar surface area (TPSA) is 87.2 Å². The second-order valence-electron chi connectivity index (χ2n) is 5.98. The molecule has 3 rings (SSSR count). The molecule has 0 saturated heterocycles. The largest absolute Gasteiger partial charge is 0.491 e. The summed E-state index contributed by atoms with van der Waals surface area (Å²) in [6.45, 7) is 2.25. The number of fused-ring (bicyclic) bond motifs is 1. The zero-order valence-electron chi connectivity index (χ0n) is 14.0. The van der Waals surface area contributed by atoms with Crippen molar-refractivity contribution < 1.29 is 14.6 Å². The summed E-state index contributed by atoms with van der Waals surface area (Å²) in [5.41, 5.74) is 2.73. The van der Waals surface area contributed by atoms with Crippen LogP contribution in [0.1, 0.15) is 11.1 Å². The first-order valence-electron chi connectivity index (χ1n) is 8.17. The van der Waals surface area contributed by atoms with Crippen LogP contribution in [0.3, 0.4) is 0 Å². The number of benzene rings is 1. The predicted octanol–water partition coefficient (Wildman–Crippen LogP) is 1.97. The third-order valence-electron chi connectivity index (χ3n) is 3.85. The fraction of sp³-hybridized carbons (Fsp3) is 0.263. The number of H-pyrrole nitrogens is 1. The molecular weight excluding hydrogens is 318 g/mol. The average Bonchev–Trinajstić information content (AvgIpc) is 3.01. The highest BCUT2D eigenvalue weighted by Crippen LogP contribution is 2.16. The van der Waals surface area contributed by atoms with E-state index in [1.54, 1.807) is 12.4 Å². The Balaban J connectivity index is 1.45. The number of hydrogen-bond acceptors (Lipinski definition) is 4. The predicted molar refractivity (Wildman–Crippen MR) is 95.5 cm³/mol. The number of aliphatic hydroxyl groups is 1. The lowest BCUT2D eigenvalue weighted by molar-refractivity contribution is -0.120. The fourth-order valence-electron chi connectivity index (χ4n) is 2.58. The molecule has 1 aromatic carbocycles. The molecule has 1 unspecified atom stereocenters. The van der Waals surface area contributed by atoms with Crippen LogP contribution in [-0.2, 0) is 11.2 Å². The number of aliphatic hydroxyl groups excluding tert-OH is 1. The molecule has 1 amide bonds. The fourth-order valence-corrected chi connectivity index (χ4v) is 2.58. The Bertz CT molecular complexity index is 860. The van der Waals surface area contributed by atoms with Crippen molar-refractivity contribution in [1.82, 2.24) is 15.3 Å². The van der Waals surface area contributed by atoms with Crippen LogP contribution in [0.2, 0.25) is 0 Å². The molecule has 3 N–H and O–H groups in total. The first-order chi connectivity index (χ1) is 12.1. The van der Waals surface area contributed by atoms with Gasteiger partial charge in [0.2, 0.25) is 5.91 Å². The maximum absolute atomic E-state index is 12.1. The van der Waals surface area contributed by atoms with E-state index in [4.69, 9.17) is 4.74 Å². The number of nitrogens with one attached hydrogen (secondary N) is 2. The van der Waals surface area contributed by atoms with Crippen molar-refractivity contribution in [3.05, 3.63) is 59.9 Å². The summed E-state index contributed by atoms with van der Waals surface area (Å²) < 4.78 is 5.53. The van der Waals surface area contributed by atoms with E-state index in [9.17, 15) is 9.90 Å². The van der Waals surface area contributed by atoms with Gasteiger partial charge in [0.25, 0.3) is 0 Å². The van der Waals surface area contributed by atoms with Gasteiger partial charge >= 0.3 is 0 Å². The van der Waals surface area contributed by atoms with Crippen molar-refractivity contribution in [2.75, 3.05) is 13.2 Å². The molecule has 3 aromatic rings. The van der Waals surface area contributed by atoms with Crippen LogP contribution in [0.5, 0.6) is 5.75 Å². The highest BCUT2D eigenvalue weighted by molar-refractivity contribution is 5.87. The van der Waals surface area contributed by atoms with Crippen molar-refractivity contribution in [3.63, 3.8) is 0 Å². The maximum atomic E-state index is 12.1. The molecule has 2 aromatic heterocycles. The Labute approximate surface area is 145 Å². The number of aromatic nitrogens is 2. The molecule has 0 fully saturated rings. The summed E-state index contributed by atoms with van der Waals surface area (Å²) in [5.74, 6) is 0.552. The smallest absolute Gasteiger partial charge is 0.224 e. The summed E-state index contributed by atoms with van der Waals surface area (Å²) in [6, 6.07) is 11.4. The number of rotatable bonds is 7. The second kappa shape index (κ2) is 7.81. The monoisotopic (exact) mass is 339 g/mol. The molecule has 0 aliphatic heterocycles. The molecule has 0 aliphatic carbocycles. The van der Waals surface area contributed by atoms with E-state index < -0.39 is 6.10 Å². The van der Waals surface area contributed by atoms with E-state index in [1.807, 2.05) is 43.3 Å². The van der Waals surface area contributed by atoms with E-state index in [0.717, 1.165) is 22.2 Å². The van der Waals surface area contributed by atoms with Gasteiger partial charge in [-0.2, -0.15) is 0 Å². The molecule has 2 heterocycles. The van der Waals surface area contributed by atoms with Gasteiger partial charge in [0.15, 0.2) is 0 Å². The SMILES string of the molecule is Cc1cccc(OCC(O)CNC(=O)Cc2c[nH]c3ncccc23)c1. The average molecular weight is 339 g/mol. The summed E-state index contributed by atoms with van der Waals surface area (Å²) in [4.78, 5) is 19.3. The van der Waals surface area contributed by atoms with E-state index in [2.05, 4.69) is 15.3 Å². The summed E-state index contributed by atoms with van der Waals surface area (Å²) in [6.07, 6.45) is 2.95. The van der Waals surface area contributed by atoms with Gasteiger partial charge in [-0.1, -0.05) is 12.1 Å². The van der Waals surface area contributed by atoms with E-state index in [-0.39, 0.29) is 25.5 Å². The lowest BCUT2D eigenvalue weighted by Crippen LogP contribution is -2.36. The number of pyridine rings is 1. The number of aryl methyl sites for hydroxylation is 1. The number of carbonyl (C=O) groups is 1. The van der Waals surface area contributed by atoms with E-state index >= 15 is 0 Å². The molecule has 0 bridgehead atoms. The molecule has 0 saturated carbocycles. The third-order valence-corrected chi connectivity index (χ3v) is 3.85. The van der Waals surface area contributed by atoms with Crippen LogP contribution in [0, 0.1) is 6.92 Å². The first kappa shape index (κ1) is 17.0. The van der Waals surface area contributed by atoms with Crippen molar-refractivity contribution >= 4 is 16.9 Å². The number of aromatic amines is 1. The summed E-state index contributed by atoms with van der Waals surface area (Å²) in [7, 11) is 0. The maximum Gasteiger partial charge on any atom is 0.224 e. The number of nitrogens with zero attached hydrogens (tertiary/aromatic N) is 1. The molecule has 25 heavy (non-hydrogen) atoms. The Morgan fingerprint density at radius 2 is 2.24 bits per heavy atom. The van der Waals surface area contributed by atoms with Crippen LogP contribution in [0.15, 0.2) is 48.8 Å². The summed E-state index contributed by atoms with van der Waals surface area (Å²) in [5, 5.41) is 13.6. The lowest BCUT2D eigenvalue weighted by atomic mass is 10.1. The number of hydrogen-bond donors (Lipinski definition) is 3. The normalized spacial score (nSPS) is 12.1. The molecule has 0 aliphatic rings. The Hall–Kier alpha value is -2.86. The van der Waals surface area contributed by atoms with Gasteiger partial charge in [-0.25, -0.2) is 4.98 Å². The van der Waals surface area contributed by atoms with Crippen molar-refractivity contribution in [2.45, 2.75) is 19.4 Å². The Kier molecular flexibility index (Phi) is 5.30. The van der Waals surface area contributed by atoms with E-state index in [0.29, 0.717) is 5.75 Å². The quantitative estimate of drug-likeness (QED) is 0.614. The standard InChI is InChI=1S/C19H21N3O3/c1-13-4-2-5-16(8-13)25-12-15(23)11-21-18(24)9-14-10-22-19-17(14)6-3-7-20-19/h2-8,10,15,23H,9,11-12H2,1H3,(H,20,22)(H,21,24). The minimum atomic E-state index is -0.769. The molecule has 6 heteroatoms. The highest BCUT2D eigenvalue weighted by Gasteiger charge is 2.11. The van der Waals surface area contributed by atoms with Crippen LogP contribution in [0.4, 0.5) is 0 Å². The minimum Gasteiger partial charge on any atom is -0.491 e. The molecule has 6 nitrogen and oxygen atoms in total. The van der Waals surface area contributed by atoms with Gasteiger partial charge in [0.1, 0.15) is 24.1 Å². The van der Waals surface area contributed by atoms with Crippen molar-refractivity contribution in [3.8, 4) is 5.75 Å². The lowest BCUT2D eigenvalue weighted by Gasteiger charge is -2.13. The molecule has 130 valence electrons. The zero-order valence-corrected chi connectivity index (χ0v) is 14.0. The van der Waals surface area contributed by atoms with Crippen LogP contribution in [0.25, 0.3) is 11.0 Å². The van der Waals surface area contributed by atoms with Crippen LogP contribution >= 0.6 is 0 Å². The van der Waals surface area contributed by atoms with Gasteiger partial charge < -0.3 is 20.1 Å². The Morgan fingerprint density at radius 1 is 1.36 bits per heavy atom. The molecule has 0 spiro atoms. The highest BCUT2D eigenvalue weighted by atomic mass is 16.5. The third kappa shape index (κ3) is 4.58. The van der Waals surface area contributed by atoms with E-state index in [1.165, 1.54) is 0 Å². The minimum absolute atomic E-state index is 0.126. The zero-order chi connectivity index (χ0) is 17.6. The van der Waals surface area contributed by atoms with Gasteiger partial charge in [-0.05, 0) is 42.3 Å². The Morgan fingerprint density at radius 3 is 3.08 bits per heavy atom. The number of amides is 1. The number of ether oxygens (including phenoxy) is 1. The van der Waals surface area contributed by atoms with Crippen molar-refractivity contribution in [1.29, 1.82) is 0 Å². The first-order valence-corrected chi connectivity index (χ1v) is 8.17.